The smallest absolute Gasteiger partial charge is 0.339 e. The van der Waals surface area contributed by atoms with Gasteiger partial charge in [0, 0.05) is 61.0 Å². The topological polar surface area (TPSA) is 109 Å². The van der Waals surface area contributed by atoms with Gasteiger partial charge in [0.2, 0.25) is 0 Å². The number of hydrazine groups is 1. The predicted octanol–water partition coefficient (Wildman–Crippen LogP) is 2.65. The van der Waals surface area contributed by atoms with E-state index in [0.29, 0.717) is 18.5 Å². The molecule has 1 aromatic heterocycles. The SMILES string of the molecule is C#Cc1ccc2cc(S(=O)(=O)N3CCN(C(=O)N4CCC5=C(N4)SCN5)C(CCC#N)C3)sc2c1. The summed E-state index contributed by atoms with van der Waals surface area (Å²) in [5.41, 5.74) is 5.01. The number of nitrogens with zero attached hydrogens (tertiary/aromatic N) is 4. The van der Waals surface area contributed by atoms with E-state index in [9.17, 15) is 13.2 Å². The van der Waals surface area contributed by atoms with Crippen LogP contribution in [0.2, 0.25) is 0 Å². The number of thiophene rings is 1. The van der Waals surface area contributed by atoms with Crippen molar-refractivity contribution in [2.24, 2.45) is 0 Å². The molecule has 35 heavy (non-hydrogen) atoms. The Morgan fingerprint density at radius 1 is 1.26 bits per heavy atom. The second-order valence-electron chi connectivity index (χ2n) is 8.44. The number of amides is 2. The zero-order valence-electron chi connectivity index (χ0n) is 18.9. The molecule has 0 aliphatic carbocycles. The molecule has 5 rings (SSSR count). The minimum Gasteiger partial charge on any atom is -0.377 e. The molecule has 1 aromatic carbocycles. The fourth-order valence-electron chi connectivity index (χ4n) is 4.49. The number of sulfonamides is 1. The van der Waals surface area contributed by atoms with Crippen LogP contribution in [0.15, 0.2) is 39.2 Å². The highest BCUT2D eigenvalue weighted by molar-refractivity contribution is 8.03. The van der Waals surface area contributed by atoms with Crippen LogP contribution in [0.25, 0.3) is 10.1 Å². The Balaban J connectivity index is 1.35. The summed E-state index contributed by atoms with van der Waals surface area (Å²) < 4.78 is 29.6. The van der Waals surface area contributed by atoms with Crippen molar-refractivity contribution < 1.29 is 13.2 Å². The quantitative estimate of drug-likeness (QED) is 0.588. The molecule has 3 aliphatic rings. The lowest BCUT2D eigenvalue weighted by Crippen LogP contribution is -2.61. The number of nitriles is 1. The number of carbonyl (C=O) groups excluding carboxylic acids is 1. The average molecular weight is 529 g/mol. The first-order valence-corrected chi connectivity index (χ1v) is 14.5. The van der Waals surface area contributed by atoms with E-state index in [2.05, 4.69) is 22.7 Å². The number of hydrogen-bond acceptors (Lipinski definition) is 8. The summed E-state index contributed by atoms with van der Waals surface area (Å²) in [5.74, 6) is 3.36. The predicted molar refractivity (Wildman–Crippen MR) is 136 cm³/mol. The molecule has 4 heterocycles. The number of nitrogens with one attached hydrogen (secondary N) is 2. The highest BCUT2D eigenvalue weighted by Gasteiger charge is 2.39. The fraction of sp³-hybridized carbons (Fsp3) is 0.391. The normalized spacial score (nSPS) is 20.7. The first-order valence-electron chi connectivity index (χ1n) is 11.2. The van der Waals surface area contributed by atoms with E-state index in [4.69, 9.17) is 11.7 Å². The Morgan fingerprint density at radius 3 is 2.91 bits per heavy atom. The molecule has 182 valence electrons. The van der Waals surface area contributed by atoms with Gasteiger partial charge >= 0.3 is 6.03 Å². The van der Waals surface area contributed by atoms with Crippen LogP contribution in [0.4, 0.5) is 4.79 Å². The van der Waals surface area contributed by atoms with E-state index in [-0.39, 0.29) is 42.3 Å². The van der Waals surface area contributed by atoms with Crippen molar-refractivity contribution in [2.45, 2.75) is 29.5 Å². The number of carbonyl (C=O) groups is 1. The van der Waals surface area contributed by atoms with Crippen LogP contribution in [-0.4, -0.2) is 66.8 Å². The summed E-state index contributed by atoms with van der Waals surface area (Å²) in [6, 6.07) is 8.67. The summed E-state index contributed by atoms with van der Waals surface area (Å²) in [6.07, 6.45) is 6.87. The Hall–Kier alpha value is -2.90. The summed E-state index contributed by atoms with van der Waals surface area (Å²) >= 11 is 2.81. The molecule has 0 saturated carbocycles. The molecule has 2 N–H and O–H groups in total. The van der Waals surface area contributed by atoms with Gasteiger partial charge in [-0.05, 0) is 30.0 Å². The van der Waals surface area contributed by atoms with E-state index < -0.39 is 10.0 Å². The van der Waals surface area contributed by atoms with Gasteiger partial charge in [0.15, 0.2) is 0 Å². The van der Waals surface area contributed by atoms with Crippen molar-refractivity contribution >= 4 is 49.2 Å². The number of rotatable bonds is 4. The van der Waals surface area contributed by atoms with Crippen molar-refractivity contribution in [3.8, 4) is 18.4 Å². The molecule has 12 heteroatoms. The highest BCUT2D eigenvalue weighted by Crippen LogP contribution is 2.33. The number of piperazine rings is 1. The zero-order valence-corrected chi connectivity index (χ0v) is 21.3. The summed E-state index contributed by atoms with van der Waals surface area (Å²) in [5, 5.41) is 15.8. The molecule has 2 aromatic rings. The monoisotopic (exact) mass is 528 g/mol. The van der Waals surface area contributed by atoms with Gasteiger partial charge in [0.1, 0.15) is 9.24 Å². The van der Waals surface area contributed by atoms with Gasteiger partial charge in [-0.2, -0.15) is 9.57 Å². The van der Waals surface area contributed by atoms with Gasteiger partial charge < -0.3 is 10.2 Å². The number of terminal acetylenes is 1. The number of hydrogen-bond donors (Lipinski definition) is 2. The molecule has 0 bridgehead atoms. The minimum atomic E-state index is -3.76. The van der Waals surface area contributed by atoms with Crippen LogP contribution >= 0.6 is 23.1 Å². The molecular formula is C23H24N6O3S3. The fourth-order valence-corrected chi connectivity index (χ4v) is 8.47. The van der Waals surface area contributed by atoms with Gasteiger partial charge in [-0.15, -0.1) is 17.8 Å². The van der Waals surface area contributed by atoms with Crippen LogP contribution in [0.3, 0.4) is 0 Å². The number of fused-ring (bicyclic) bond motifs is 1. The molecule has 9 nitrogen and oxygen atoms in total. The molecule has 1 saturated heterocycles. The lowest BCUT2D eigenvalue weighted by molar-refractivity contribution is 0.0869. The van der Waals surface area contributed by atoms with E-state index >= 15 is 0 Å². The van der Waals surface area contributed by atoms with E-state index in [0.717, 1.165) is 33.1 Å². The molecule has 1 fully saturated rings. The van der Waals surface area contributed by atoms with Crippen molar-refractivity contribution in [1.82, 2.24) is 25.0 Å². The van der Waals surface area contributed by atoms with E-state index in [1.807, 2.05) is 12.1 Å². The van der Waals surface area contributed by atoms with Crippen LogP contribution in [0, 0.1) is 23.7 Å². The van der Waals surface area contributed by atoms with Gasteiger partial charge in [-0.1, -0.05) is 23.7 Å². The van der Waals surface area contributed by atoms with Gasteiger partial charge in [-0.25, -0.2) is 18.2 Å². The Morgan fingerprint density at radius 2 is 2.11 bits per heavy atom. The first-order chi connectivity index (χ1) is 16.9. The maximum Gasteiger partial charge on any atom is 0.339 e. The number of urea groups is 1. The average Bonchev–Trinajstić information content (AvgIpc) is 3.53. The summed E-state index contributed by atoms with van der Waals surface area (Å²) in [6.45, 7) is 1.13. The second-order valence-corrected chi connectivity index (χ2v) is 12.7. The second kappa shape index (κ2) is 9.63. The van der Waals surface area contributed by atoms with Crippen LogP contribution in [-0.2, 0) is 10.0 Å². The third-order valence-corrected chi connectivity index (χ3v) is 10.7. The van der Waals surface area contributed by atoms with Gasteiger partial charge in [0.05, 0.1) is 11.9 Å². The van der Waals surface area contributed by atoms with Crippen LogP contribution in [0.5, 0.6) is 0 Å². The minimum absolute atomic E-state index is 0.150. The Labute approximate surface area is 212 Å². The van der Waals surface area contributed by atoms with Gasteiger partial charge in [-0.3, -0.25) is 5.43 Å². The first kappa shape index (κ1) is 23.8. The largest absolute Gasteiger partial charge is 0.377 e. The summed E-state index contributed by atoms with van der Waals surface area (Å²) in [4.78, 5) is 15.1. The lowest BCUT2D eigenvalue weighted by Gasteiger charge is -2.43. The Bertz CT molecular complexity index is 1390. The van der Waals surface area contributed by atoms with Gasteiger partial charge in [0.25, 0.3) is 10.0 Å². The van der Waals surface area contributed by atoms with E-state index in [1.54, 1.807) is 33.8 Å². The van der Waals surface area contributed by atoms with Crippen molar-refractivity contribution in [2.75, 3.05) is 32.1 Å². The maximum atomic E-state index is 13.5. The molecule has 1 atom stereocenters. The zero-order chi connectivity index (χ0) is 24.6. The third-order valence-electron chi connectivity index (χ3n) is 6.37. The Kier molecular flexibility index (Phi) is 6.55. The molecular weight excluding hydrogens is 504 g/mol. The standard InChI is InChI=1S/C23H24N6O3S3/c1-2-16-5-6-17-13-21(34-20(17)12-16)35(31,32)27-10-11-28(18(14-27)4-3-8-24)23(30)29-9-7-19-22(26-29)33-15-25-19/h1,5-6,12-13,18,25-26H,3-4,7,9-11,14-15H2. The molecule has 0 radical (unpaired) electrons. The van der Waals surface area contributed by atoms with Crippen molar-refractivity contribution in [1.29, 1.82) is 5.26 Å². The molecule has 2 amide bonds. The van der Waals surface area contributed by atoms with Crippen LogP contribution in [0.1, 0.15) is 24.8 Å². The van der Waals surface area contributed by atoms with Crippen molar-refractivity contribution in [3.05, 3.63) is 40.6 Å². The van der Waals surface area contributed by atoms with Crippen LogP contribution < -0.4 is 10.7 Å². The molecule has 0 spiro atoms. The number of benzene rings is 1. The lowest BCUT2D eigenvalue weighted by atomic mass is 10.1. The number of thioether (sulfide) groups is 1. The summed E-state index contributed by atoms with van der Waals surface area (Å²) in [7, 11) is -3.76. The highest BCUT2D eigenvalue weighted by atomic mass is 32.2. The molecule has 3 aliphatic heterocycles. The molecule has 1 unspecified atom stereocenters. The van der Waals surface area contributed by atoms with E-state index in [1.165, 1.54) is 15.6 Å². The maximum absolute atomic E-state index is 13.5. The third kappa shape index (κ3) is 4.55. The van der Waals surface area contributed by atoms with Crippen molar-refractivity contribution in [3.63, 3.8) is 0 Å².